The van der Waals surface area contributed by atoms with Crippen LogP contribution in [0.15, 0.2) is 12.1 Å². The number of hydrogen-bond acceptors (Lipinski definition) is 5. The third-order valence-corrected chi connectivity index (χ3v) is 1.65. The topological polar surface area (TPSA) is 85.7 Å². The quantitative estimate of drug-likeness (QED) is 0.803. The number of halogens is 2. The number of nitrogens with zero attached hydrogens (tertiary/aromatic N) is 1. The molecule has 17 heavy (non-hydrogen) atoms. The van der Waals surface area contributed by atoms with E-state index in [1.165, 1.54) is 0 Å². The minimum Gasteiger partial charge on any atom is -0.478 e. The molecule has 1 N–H and O–H groups in total. The zero-order valence-electron chi connectivity index (χ0n) is 8.52. The van der Waals surface area contributed by atoms with Crippen molar-refractivity contribution >= 4 is 11.9 Å². The first-order chi connectivity index (χ1) is 7.93. The molecule has 0 saturated carbocycles. The smallest absolute Gasteiger partial charge is 0.388 e. The van der Waals surface area contributed by atoms with Gasteiger partial charge < -0.3 is 14.6 Å². The van der Waals surface area contributed by atoms with E-state index < -0.39 is 35.7 Å². The van der Waals surface area contributed by atoms with Crippen LogP contribution in [0.2, 0.25) is 0 Å². The van der Waals surface area contributed by atoms with Gasteiger partial charge in [0.15, 0.2) is 5.69 Å². The highest BCUT2D eigenvalue weighted by atomic mass is 19.3. The molecule has 0 saturated heterocycles. The Morgan fingerprint density at radius 1 is 1.41 bits per heavy atom. The van der Waals surface area contributed by atoms with Gasteiger partial charge in [-0.25, -0.2) is 14.6 Å². The fourth-order valence-corrected chi connectivity index (χ4v) is 0.990. The average molecular weight is 247 g/mol. The standard InChI is InChI=1S/C9H7F2NO5/c1-16-8(15)5-2-4(7(13)14)3-6(12-5)17-9(10)11/h2-3,9H,1H3,(H,13,14). The lowest BCUT2D eigenvalue weighted by Crippen LogP contribution is -2.11. The molecule has 0 unspecified atom stereocenters. The average Bonchev–Trinajstić information content (AvgIpc) is 2.26. The van der Waals surface area contributed by atoms with E-state index in [0.29, 0.717) is 0 Å². The van der Waals surface area contributed by atoms with Gasteiger partial charge in [0.1, 0.15) is 0 Å². The zero-order valence-corrected chi connectivity index (χ0v) is 8.52. The number of esters is 1. The van der Waals surface area contributed by atoms with Gasteiger partial charge in [-0.3, -0.25) is 0 Å². The molecule has 1 rings (SSSR count). The SMILES string of the molecule is COC(=O)c1cc(C(=O)O)cc(OC(F)F)n1. The van der Waals surface area contributed by atoms with Crippen LogP contribution in [0.4, 0.5) is 8.78 Å². The van der Waals surface area contributed by atoms with Crippen LogP contribution in [0.1, 0.15) is 20.8 Å². The third-order valence-electron chi connectivity index (χ3n) is 1.65. The first-order valence-corrected chi connectivity index (χ1v) is 4.22. The molecule has 0 aliphatic carbocycles. The summed E-state index contributed by atoms with van der Waals surface area (Å²) in [6, 6.07) is 1.67. The van der Waals surface area contributed by atoms with E-state index in [1.807, 2.05) is 0 Å². The van der Waals surface area contributed by atoms with Crippen molar-refractivity contribution in [2.75, 3.05) is 7.11 Å². The summed E-state index contributed by atoms with van der Waals surface area (Å²) in [6.45, 7) is -3.17. The van der Waals surface area contributed by atoms with Crippen LogP contribution in [0.3, 0.4) is 0 Å². The highest BCUT2D eigenvalue weighted by molar-refractivity contribution is 5.93. The molecule has 92 valence electrons. The van der Waals surface area contributed by atoms with Crippen LogP contribution < -0.4 is 4.74 Å². The summed E-state index contributed by atoms with van der Waals surface area (Å²) in [7, 11) is 1.05. The molecule has 0 aromatic carbocycles. The number of aromatic nitrogens is 1. The van der Waals surface area contributed by atoms with Crippen molar-refractivity contribution in [3.05, 3.63) is 23.4 Å². The Kier molecular flexibility index (Phi) is 3.91. The second-order valence-corrected chi connectivity index (χ2v) is 2.75. The number of rotatable bonds is 4. The lowest BCUT2D eigenvalue weighted by Gasteiger charge is -2.06. The molecule has 0 atom stereocenters. The van der Waals surface area contributed by atoms with Gasteiger partial charge in [-0.2, -0.15) is 8.78 Å². The van der Waals surface area contributed by atoms with Crippen molar-refractivity contribution in [3.8, 4) is 5.88 Å². The second-order valence-electron chi connectivity index (χ2n) is 2.75. The summed E-state index contributed by atoms with van der Waals surface area (Å²) in [5.74, 6) is -3.02. The summed E-state index contributed by atoms with van der Waals surface area (Å²) < 4.78 is 32.1. The van der Waals surface area contributed by atoms with Gasteiger partial charge in [0.05, 0.1) is 12.7 Å². The van der Waals surface area contributed by atoms with Gasteiger partial charge in [-0.15, -0.1) is 0 Å². The van der Waals surface area contributed by atoms with Crippen molar-refractivity contribution < 1.29 is 33.0 Å². The van der Waals surface area contributed by atoms with Crippen molar-refractivity contribution in [2.45, 2.75) is 6.61 Å². The van der Waals surface area contributed by atoms with E-state index in [4.69, 9.17) is 5.11 Å². The van der Waals surface area contributed by atoms with Crippen LogP contribution in [-0.2, 0) is 4.74 Å². The number of methoxy groups -OCH3 is 1. The summed E-state index contributed by atoms with van der Waals surface area (Å²) in [5.41, 5.74) is -0.834. The summed E-state index contributed by atoms with van der Waals surface area (Å²) in [4.78, 5) is 25.2. The molecule has 0 aliphatic rings. The Balaban J connectivity index is 3.18. The fraction of sp³-hybridized carbons (Fsp3) is 0.222. The molecule has 0 radical (unpaired) electrons. The maximum absolute atomic E-state index is 11.9. The monoisotopic (exact) mass is 247 g/mol. The van der Waals surface area contributed by atoms with E-state index in [0.717, 1.165) is 19.2 Å². The number of pyridine rings is 1. The molecule has 0 spiro atoms. The zero-order chi connectivity index (χ0) is 13.0. The lowest BCUT2D eigenvalue weighted by molar-refractivity contribution is -0.0530. The van der Waals surface area contributed by atoms with Gasteiger partial charge in [0.25, 0.3) is 0 Å². The third kappa shape index (κ3) is 3.37. The number of aromatic carboxylic acids is 1. The van der Waals surface area contributed by atoms with E-state index in [1.54, 1.807) is 0 Å². The molecule has 0 aliphatic heterocycles. The minimum absolute atomic E-state index is 0.406. The van der Waals surface area contributed by atoms with Gasteiger partial charge in [0, 0.05) is 6.07 Å². The highest BCUT2D eigenvalue weighted by Gasteiger charge is 2.16. The Morgan fingerprint density at radius 3 is 2.53 bits per heavy atom. The van der Waals surface area contributed by atoms with Crippen LogP contribution in [0.25, 0.3) is 0 Å². The Hall–Kier alpha value is -2.25. The van der Waals surface area contributed by atoms with E-state index >= 15 is 0 Å². The van der Waals surface area contributed by atoms with Crippen molar-refractivity contribution in [1.82, 2.24) is 4.98 Å². The number of carboxylic acids is 1. The van der Waals surface area contributed by atoms with Crippen LogP contribution in [0.5, 0.6) is 5.88 Å². The molecule has 0 fully saturated rings. The molecule has 6 nitrogen and oxygen atoms in total. The fourth-order valence-electron chi connectivity index (χ4n) is 0.990. The number of carbonyl (C=O) groups is 2. The maximum Gasteiger partial charge on any atom is 0.388 e. The predicted octanol–water partition coefficient (Wildman–Crippen LogP) is 1.17. The molecule has 1 heterocycles. The normalized spacial score (nSPS) is 10.1. The van der Waals surface area contributed by atoms with Gasteiger partial charge >= 0.3 is 18.6 Å². The molecule has 1 aromatic rings. The van der Waals surface area contributed by atoms with Gasteiger partial charge in [0.2, 0.25) is 5.88 Å². The Bertz CT molecular complexity index is 449. The molecule has 1 aromatic heterocycles. The lowest BCUT2D eigenvalue weighted by atomic mass is 10.2. The predicted molar refractivity (Wildman–Crippen MR) is 49.2 cm³/mol. The highest BCUT2D eigenvalue weighted by Crippen LogP contribution is 2.15. The van der Waals surface area contributed by atoms with E-state index in [-0.39, 0.29) is 0 Å². The van der Waals surface area contributed by atoms with Crippen molar-refractivity contribution in [2.24, 2.45) is 0 Å². The minimum atomic E-state index is -3.17. The maximum atomic E-state index is 11.9. The number of hydrogen-bond donors (Lipinski definition) is 1. The Morgan fingerprint density at radius 2 is 2.06 bits per heavy atom. The summed E-state index contributed by atoms with van der Waals surface area (Å²) >= 11 is 0. The summed E-state index contributed by atoms with van der Waals surface area (Å²) in [5, 5.41) is 8.70. The largest absolute Gasteiger partial charge is 0.478 e. The molecular weight excluding hydrogens is 240 g/mol. The Labute approximate surface area is 93.8 Å². The number of carboxylic acid groups (broad SMARTS) is 1. The van der Waals surface area contributed by atoms with Crippen LogP contribution in [0, 0.1) is 0 Å². The van der Waals surface area contributed by atoms with Gasteiger partial charge in [-0.1, -0.05) is 0 Å². The van der Waals surface area contributed by atoms with Gasteiger partial charge in [-0.05, 0) is 6.07 Å². The number of carbonyl (C=O) groups excluding carboxylic acids is 1. The molecule has 0 amide bonds. The summed E-state index contributed by atoms with van der Waals surface area (Å²) in [6.07, 6.45) is 0. The molecular formula is C9H7F2NO5. The number of alkyl halides is 2. The molecule has 0 bridgehead atoms. The van der Waals surface area contributed by atoms with Crippen molar-refractivity contribution in [1.29, 1.82) is 0 Å². The van der Waals surface area contributed by atoms with Crippen molar-refractivity contribution in [3.63, 3.8) is 0 Å². The second kappa shape index (κ2) is 5.19. The molecule has 8 heteroatoms. The van der Waals surface area contributed by atoms with E-state index in [2.05, 4.69) is 14.5 Å². The van der Waals surface area contributed by atoms with Crippen LogP contribution >= 0.6 is 0 Å². The number of ether oxygens (including phenoxy) is 2. The first-order valence-electron chi connectivity index (χ1n) is 4.22. The first kappa shape index (κ1) is 12.8. The van der Waals surface area contributed by atoms with Crippen LogP contribution in [-0.4, -0.2) is 35.8 Å². The van der Waals surface area contributed by atoms with E-state index in [9.17, 15) is 18.4 Å².